The third kappa shape index (κ3) is 2.82. The van der Waals surface area contributed by atoms with Gasteiger partial charge in [0, 0.05) is 20.6 Å². The number of likely N-dealkylation sites (N-methyl/N-ethyl adjacent to an activating group) is 1. The average Bonchev–Trinajstić information content (AvgIpc) is 2.79. The van der Waals surface area contributed by atoms with E-state index in [1.165, 1.54) is 0 Å². The Labute approximate surface area is 112 Å². The summed E-state index contributed by atoms with van der Waals surface area (Å²) >= 11 is 0. The van der Waals surface area contributed by atoms with Crippen LogP contribution in [-0.2, 0) is 13.6 Å². The largest absolute Gasteiger partial charge is 0.395 e. The van der Waals surface area contributed by atoms with Crippen molar-refractivity contribution in [1.82, 2.24) is 24.6 Å². The van der Waals surface area contributed by atoms with Gasteiger partial charge in [0.15, 0.2) is 5.65 Å². The van der Waals surface area contributed by atoms with E-state index in [4.69, 9.17) is 5.11 Å². The second-order valence-electron chi connectivity index (χ2n) is 4.34. The van der Waals surface area contributed by atoms with E-state index in [1.54, 1.807) is 10.9 Å². The summed E-state index contributed by atoms with van der Waals surface area (Å²) in [6.07, 6.45) is 1.76. The summed E-state index contributed by atoms with van der Waals surface area (Å²) in [6, 6.07) is 0. The molecule has 104 valence electrons. The highest BCUT2D eigenvalue weighted by molar-refractivity contribution is 5.86. The molecule has 0 unspecified atom stereocenters. The van der Waals surface area contributed by atoms with Crippen LogP contribution < -0.4 is 5.32 Å². The average molecular weight is 264 g/mol. The fraction of sp³-hybridized carbons (Fsp3) is 0.583. The zero-order valence-electron chi connectivity index (χ0n) is 11.6. The van der Waals surface area contributed by atoms with Crippen molar-refractivity contribution in [3.05, 3.63) is 12.0 Å². The van der Waals surface area contributed by atoms with Crippen molar-refractivity contribution in [2.75, 3.05) is 32.1 Å². The monoisotopic (exact) mass is 264 g/mol. The summed E-state index contributed by atoms with van der Waals surface area (Å²) in [5.41, 5.74) is 0.814. The molecule has 0 saturated heterocycles. The van der Waals surface area contributed by atoms with E-state index in [0.717, 1.165) is 29.2 Å². The number of anilines is 1. The molecule has 0 radical (unpaired) electrons. The Morgan fingerprint density at radius 1 is 1.42 bits per heavy atom. The molecule has 0 aliphatic rings. The fourth-order valence-corrected chi connectivity index (χ4v) is 2.02. The minimum Gasteiger partial charge on any atom is -0.395 e. The van der Waals surface area contributed by atoms with Gasteiger partial charge < -0.3 is 10.4 Å². The fourth-order valence-electron chi connectivity index (χ4n) is 2.02. The van der Waals surface area contributed by atoms with Gasteiger partial charge in [0.05, 0.1) is 24.7 Å². The number of hydrogen-bond acceptors (Lipinski definition) is 6. The topological polar surface area (TPSA) is 79.1 Å². The van der Waals surface area contributed by atoms with Gasteiger partial charge >= 0.3 is 0 Å². The Morgan fingerprint density at radius 2 is 2.21 bits per heavy atom. The van der Waals surface area contributed by atoms with Crippen LogP contribution in [0.4, 0.5) is 5.82 Å². The first kappa shape index (κ1) is 13.7. The summed E-state index contributed by atoms with van der Waals surface area (Å²) in [6.45, 7) is 4.28. The number of fused-ring (bicyclic) bond motifs is 1. The number of aryl methyl sites for hydroxylation is 1. The van der Waals surface area contributed by atoms with Gasteiger partial charge in [0.25, 0.3) is 0 Å². The summed E-state index contributed by atoms with van der Waals surface area (Å²) in [5.74, 6) is 1.52. The highest BCUT2D eigenvalue weighted by Gasteiger charge is 2.12. The van der Waals surface area contributed by atoms with Gasteiger partial charge in [-0.05, 0) is 6.54 Å². The molecule has 0 aliphatic carbocycles. The zero-order valence-corrected chi connectivity index (χ0v) is 11.6. The van der Waals surface area contributed by atoms with Crippen molar-refractivity contribution < 1.29 is 5.11 Å². The number of aliphatic hydroxyl groups is 1. The molecule has 7 nitrogen and oxygen atoms in total. The molecule has 0 saturated carbocycles. The molecule has 2 aromatic heterocycles. The predicted molar refractivity (Wildman–Crippen MR) is 73.9 cm³/mol. The first-order chi connectivity index (χ1) is 9.19. The lowest BCUT2D eigenvalue weighted by molar-refractivity contribution is 0.194. The predicted octanol–water partition coefficient (Wildman–Crippen LogP) is 0.219. The summed E-state index contributed by atoms with van der Waals surface area (Å²) in [5, 5.41) is 17.2. The lowest BCUT2D eigenvalue weighted by Gasteiger charge is -2.18. The van der Waals surface area contributed by atoms with Gasteiger partial charge in [0.2, 0.25) is 0 Å². The Kier molecular flexibility index (Phi) is 4.28. The second-order valence-corrected chi connectivity index (χ2v) is 4.34. The Balaban J connectivity index is 2.35. The van der Waals surface area contributed by atoms with Crippen molar-refractivity contribution >= 4 is 16.9 Å². The maximum atomic E-state index is 9.02. The normalized spacial score (nSPS) is 11.4. The van der Waals surface area contributed by atoms with Crippen molar-refractivity contribution in [3.63, 3.8) is 0 Å². The molecule has 2 heterocycles. The first-order valence-electron chi connectivity index (χ1n) is 6.39. The van der Waals surface area contributed by atoms with Crippen molar-refractivity contribution in [3.8, 4) is 0 Å². The van der Waals surface area contributed by atoms with Crippen LogP contribution in [0, 0.1) is 0 Å². The molecule has 2 N–H and O–H groups in total. The van der Waals surface area contributed by atoms with Crippen LogP contribution in [0.5, 0.6) is 0 Å². The number of aliphatic hydroxyl groups excluding tert-OH is 1. The van der Waals surface area contributed by atoms with Crippen molar-refractivity contribution in [1.29, 1.82) is 0 Å². The number of hydrogen-bond donors (Lipinski definition) is 2. The van der Waals surface area contributed by atoms with Gasteiger partial charge in [-0.25, -0.2) is 9.97 Å². The van der Waals surface area contributed by atoms with Crippen LogP contribution in [0.15, 0.2) is 6.20 Å². The van der Waals surface area contributed by atoms with Crippen molar-refractivity contribution in [2.24, 2.45) is 7.05 Å². The van der Waals surface area contributed by atoms with Crippen LogP contribution in [0.3, 0.4) is 0 Å². The van der Waals surface area contributed by atoms with E-state index >= 15 is 0 Å². The lowest BCUT2D eigenvalue weighted by Crippen LogP contribution is -2.27. The molecule has 0 aromatic carbocycles. The Hall–Kier alpha value is -1.73. The highest BCUT2D eigenvalue weighted by atomic mass is 16.3. The van der Waals surface area contributed by atoms with Crippen LogP contribution in [0.25, 0.3) is 11.0 Å². The maximum absolute atomic E-state index is 9.02. The quantitative estimate of drug-likeness (QED) is 0.777. The maximum Gasteiger partial charge on any atom is 0.163 e. The van der Waals surface area contributed by atoms with E-state index in [0.29, 0.717) is 13.1 Å². The molecule has 0 atom stereocenters. The molecule has 2 rings (SSSR count). The number of nitrogens with one attached hydrogen (secondary N) is 1. The molecule has 0 amide bonds. The number of rotatable bonds is 6. The van der Waals surface area contributed by atoms with Crippen LogP contribution in [0.2, 0.25) is 0 Å². The molecule has 2 aromatic rings. The first-order valence-corrected chi connectivity index (χ1v) is 6.39. The minimum atomic E-state index is 0.140. The number of nitrogens with zero attached hydrogens (tertiary/aromatic N) is 5. The van der Waals surface area contributed by atoms with E-state index in [9.17, 15) is 0 Å². The van der Waals surface area contributed by atoms with Crippen LogP contribution in [0.1, 0.15) is 12.7 Å². The van der Waals surface area contributed by atoms with Crippen LogP contribution in [-0.4, -0.2) is 56.5 Å². The zero-order chi connectivity index (χ0) is 13.8. The molecule has 7 heteroatoms. The second kappa shape index (κ2) is 5.94. The Morgan fingerprint density at radius 3 is 2.84 bits per heavy atom. The van der Waals surface area contributed by atoms with Gasteiger partial charge in [-0.3, -0.25) is 9.58 Å². The van der Waals surface area contributed by atoms with E-state index in [2.05, 4.69) is 32.2 Å². The summed E-state index contributed by atoms with van der Waals surface area (Å²) in [4.78, 5) is 11.1. The van der Waals surface area contributed by atoms with Gasteiger partial charge in [-0.15, -0.1) is 0 Å². The highest BCUT2D eigenvalue weighted by Crippen LogP contribution is 2.19. The molecular formula is C12H20N6O. The van der Waals surface area contributed by atoms with Gasteiger partial charge in [-0.2, -0.15) is 5.10 Å². The smallest absolute Gasteiger partial charge is 0.163 e. The Bertz CT molecular complexity index is 552. The molecule has 0 aliphatic heterocycles. The van der Waals surface area contributed by atoms with E-state index in [-0.39, 0.29) is 6.61 Å². The molecule has 0 fully saturated rings. The molecule has 0 bridgehead atoms. The molecule has 0 spiro atoms. The van der Waals surface area contributed by atoms with E-state index in [1.807, 2.05) is 14.1 Å². The summed E-state index contributed by atoms with van der Waals surface area (Å²) in [7, 11) is 3.70. The van der Waals surface area contributed by atoms with Gasteiger partial charge in [-0.1, -0.05) is 6.92 Å². The van der Waals surface area contributed by atoms with Crippen molar-refractivity contribution in [2.45, 2.75) is 13.5 Å². The summed E-state index contributed by atoms with van der Waals surface area (Å²) < 4.78 is 1.74. The third-order valence-electron chi connectivity index (χ3n) is 3.10. The van der Waals surface area contributed by atoms with E-state index < -0.39 is 0 Å². The SMILES string of the molecule is CCN(CCO)Cc1nc(NC)c2cnn(C)c2n1. The lowest BCUT2D eigenvalue weighted by atomic mass is 10.3. The third-order valence-corrected chi connectivity index (χ3v) is 3.10. The number of aromatic nitrogens is 4. The standard InChI is InChI=1S/C12H20N6O/c1-4-18(5-6-19)8-10-15-11(13-2)9-7-14-17(3)12(9)16-10/h7,19H,4-6,8H2,1-3H3,(H,13,15,16). The van der Waals surface area contributed by atoms with Gasteiger partial charge in [0.1, 0.15) is 11.6 Å². The minimum absolute atomic E-state index is 0.140. The molecular weight excluding hydrogens is 244 g/mol. The van der Waals surface area contributed by atoms with Crippen LogP contribution >= 0.6 is 0 Å². The molecule has 19 heavy (non-hydrogen) atoms.